The molecule has 3 N–H and O–H groups in total. The van der Waals surface area contributed by atoms with E-state index >= 15 is 0 Å². The van der Waals surface area contributed by atoms with Crippen LogP contribution in [0, 0.1) is 5.92 Å². The molecule has 0 aromatic carbocycles. The quantitative estimate of drug-likeness (QED) is 0.698. The van der Waals surface area contributed by atoms with Crippen molar-refractivity contribution in [2.75, 3.05) is 10.6 Å². The molecule has 1 saturated carbocycles. The van der Waals surface area contributed by atoms with E-state index in [2.05, 4.69) is 20.6 Å². The monoisotopic (exact) mass is 264 g/mol. The highest BCUT2D eigenvalue weighted by molar-refractivity contribution is 5.77. The summed E-state index contributed by atoms with van der Waals surface area (Å²) in [4.78, 5) is 19.5. The van der Waals surface area contributed by atoms with Crippen molar-refractivity contribution in [3.8, 4) is 0 Å². The zero-order valence-electron chi connectivity index (χ0n) is 11.3. The second-order valence-electron chi connectivity index (χ2n) is 5.05. The maximum atomic E-state index is 11.3. The molecule has 1 aliphatic carbocycles. The molecule has 0 aliphatic heterocycles. The highest BCUT2D eigenvalue weighted by atomic mass is 16.4. The number of carboxylic acids is 1. The highest BCUT2D eigenvalue weighted by Gasteiger charge is 2.24. The van der Waals surface area contributed by atoms with Crippen molar-refractivity contribution in [3.05, 3.63) is 12.4 Å². The second kappa shape index (κ2) is 5.86. The predicted octanol–water partition coefficient (Wildman–Crippen LogP) is 1.96. The molecule has 0 bridgehead atoms. The minimum Gasteiger partial charge on any atom is -0.480 e. The van der Waals surface area contributed by atoms with Crippen molar-refractivity contribution in [1.29, 1.82) is 0 Å². The SMILES string of the molecule is CC[C@H](C)[C@H](Nc1cc(NC2CC2)ncn1)C(=O)O. The molecule has 1 aromatic rings. The van der Waals surface area contributed by atoms with Crippen LogP contribution in [0.25, 0.3) is 0 Å². The average molecular weight is 264 g/mol. The topological polar surface area (TPSA) is 87.1 Å². The number of aliphatic carboxylic acids is 1. The third-order valence-corrected chi connectivity index (χ3v) is 3.38. The van der Waals surface area contributed by atoms with Gasteiger partial charge in [-0.05, 0) is 18.8 Å². The molecule has 0 unspecified atom stereocenters. The van der Waals surface area contributed by atoms with Gasteiger partial charge in [-0.15, -0.1) is 0 Å². The van der Waals surface area contributed by atoms with Gasteiger partial charge in [-0.2, -0.15) is 0 Å². The van der Waals surface area contributed by atoms with E-state index in [4.69, 9.17) is 0 Å². The van der Waals surface area contributed by atoms with Crippen LogP contribution in [0.5, 0.6) is 0 Å². The number of nitrogens with zero attached hydrogens (tertiary/aromatic N) is 2. The molecule has 0 amide bonds. The number of carbonyl (C=O) groups is 1. The largest absolute Gasteiger partial charge is 0.480 e. The van der Waals surface area contributed by atoms with Crippen molar-refractivity contribution in [2.45, 2.75) is 45.2 Å². The molecule has 19 heavy (non-hydrogen) atoms. The van der Waals surface area contributed by atoms with Crippen LogP contribution in [0.4, 0.5) is 11.6 Å². The molecule has 104 valence electrons. The fourth-order valence-corrected chi connectivity index (χ4v) is 1.79. The fourth-order valence-electron chi connectivity index (χ4n) is 1.79. The molecule has 0 spiro atoms. The molecule has 2 atom stereocenters. The number of hydrogen-bond donors (Lipinski definition) is 3. The van der Waals surface area contributed by atoms with E-state index in [1.165, 1.54) is 6.33 Å². The predicted molar refractivity (Wildman–Crippen MR) is 73.2 cm³/mol. The molecule has 1 aromatic heterocycles. The van der Waals surface area contributed by atoms with Gasteiger partial charge < -0.3 is 15.7 Å². The minimum absolute atomic E-state index is 0.0345. The summed E-state index contributed by atoms with van der Waals surface area (Å²) >= 11 is 0. The van der Waals surface area contributed by atoms with Crippen LogP contribution in [0.15, 0.2) is 12.4 Å². The molecular weight excluding hydrogens is 244 g/mol. The lowest BCUT2D eigenvalue weighted by Gasteiger charge is -2.20. The first kappa shape index (κ1) is 13.6. The standard InChI is InChI=1S/C13H20N4O2/c1-3-8(2)12(13(18)19)17-11-6-10(14-7-15-11)16-9-4-5-9/h6-9,12H,3-5H2,1-2H3,(H,18,19)(H2,14,15,16,17)/t8-,12-/m0/s1. The lowest BCUT2D eigenvalue weighted by Crippen LogP contribution is -2.35. The smallest absolute Gasteiger partial charge is 0.326 e. The van der Waals surface area contributed by atoms with Gasteiger partial charge in [0.15, 0.2) is 0 Å². The minimum atomic E-state index is -0.857. The Labute approximate surface area is 112 Å². The van der Waals surface area contributed by atoms with Crippen LogP contribution in [-0.4, -0.2) is 33.1 Å². The van der Waals surface area contributed by atoms with Gasteiger partial charge in [-0.25, -0.2) is 14.8 Å². The first-order valence-electron chi connectivity index (χ1n) is 6.68. The lowest BCUT2D eigenvalue weighted by molar-refractivity contribution is -0.139. The summed E-state index contributed by atoms with van der Waals surface area (Å²) < 4.78 is 0. The van der Waals surface area contributed by atoms with E-state index in [-0.39, 0.29) is 5.92 Å². The van der Waals surface area contributed by atoms with Gasteiger partial charge in [0, 0.05) is 12.1 Å². The van der Waals surface area contributed by atoms with E-state index in [1.54, 1.807) is 6.07 Å². The zero-order valence-corrected chi connectivity index (χ0v) is 11.3. The number of aromatic nitrogens is 2. The number of anilines is 2. The van der Waals surface area contributed by atoms with Crippen molar-refractivity contribution in [1.82, 2.24) is 9.97 Å². The molecule has 6 nitrogen and oxygen atoms in total. The maximum absolute atomic E-state index is 11.3. The van der Waals surface area contributed by atoms with Gasteiger partial charge in [0.2, 0.25) is 0 Å². The Morgan fingerprint density at radius 3 is 2.74 bits per heavy atom. The summed E-state index contributed by atoms with van der Waals surface area (Å²) in [6.45, 7) is 3.89. The summed E-state index contributed by atoms with van der Waals surface area (Å²) in [5.41, 5.74) is 0. The maximum Gasteiger partial charge on any atom is 0.326 e. The Morgan fingerprint density at radius 2 is 2.16 bits per heavy atom. The van der Waals surface area contributed by atoms with Gasteiger partial charge in [0.1, 0.15) is 24.0 Å². The number of hydrogen-bond acceptors (Lipinski definition) is 5. The van der Waals surface area contributed by atoms with Crippen LogP contribution in [0.3, 0.4) is 0 Å². The third-order valence-electron chi connectivity index (χ3n) is 3.38. The first-order chi connectivity index (χ1) is 9.10. The summed E-state index contributed by atoms with van der Waals surface area (Å²) in [5, 5.41) is 15.5. The summed E-state index contributed by atoms with van der Waals surface area (Å²) in [6.07, 6.45) is 4.57. The summed E-state index contributed by atoms with van der Waals surface area (Å²) in [6, 6.07) is 1.64. The summed E-state index contributed by atoms with van der Waals surface area (Å²) in [5.74, 6) is 0.469. The van der Waals surface area contributed by atoms with Gasteiger partial charge in [-0.3, -0.25) is 0 Å². The van der Waals surface area contributed by atoms with Crippen molar-refractivity contribution < 1.29 is 9.90 Å². The normalized spacial score (nSPS) is 17.6. The highest BCUT2D eigenvalue weighted by Crippen LogP contribution is 2.24. The van der Waals surface area contributed by atoms with Crippen LogP contribution in [0.1, 0.15) is 33.1 Å². The van der Waals surface area contributed by atoms with Crippen molar-refractivity contribution in [2.24, 2.45) is 5.92 Å². The molecule has 1 heterocycles. The Hall–Kier alpha value is -1.85. The molecular formula is C13H20N4O2. The van der Waals surface area contributed by atoms with Crippen LogP contribution >= 0.6 is 0 Å². The van der Waals surface area contributed by atoms with Gasteiger partial charge in [0.05, 0.1) is 0 Å². The molecule has 1 aliphatic rings. The van der Waals surface area contributed by atoms with Crippen LogP contribution < -0.4 is 10.6 Å². The van der Waals surface area contributed by atoms with E-state index in [1.807, 2.05) is 13.8 Å². The van der Waals surface area contributed by atoms with Gasteiger partial charge in [0.25, 0.3) is 0 Å². The molecule has 0 saturated heterocycles. The molecule has 1 fully saturated rings. The molecule has 2 rings (SSSR count). The van der Waals surface area contributed by atoms with Crippen LogP contribution in [-0.2, 0) is 4.79 Å². The lowest BCUT2D eigenvalue weighted by atomic mass is 9.99. The average Bonchev–Trinajstić information content (AvgIpc) is 3.19. The molecule has 0 radical (unpaired) electrons. The second-order valence-corrected chi connectivity index (χ2v) is 5.05. The Kier molecular flexibility index (Phi) is 4.19. The van der Waals surface area contributed by atoms with E-state index in [0.717, 1.165) is 25.1 Å². The summed E-state index contributed by atoms with van der Waals surface area (Å²) in [7, 11) is 0. The zero-order chi connectivity index (χ0) is 13.8. The third kappa shape index (κ3) is 3.81. The molecule has 6 heteroatoms. The fraction of sp³-hybridized carbons (Fsp3) is 0.615. The van der Waals surface area contributed by atoms with Crippen molar-refractivity contribution >= 4 is 17.6 Å². The Morgan fingerprint density at radius 1 is 1.47 bits per heavy atom. The van der Waals surface area contributed by atoms with E-state index < -0.39 is 12.0 Å². The number of rotatable bonds is 7. The van der Waals surface area contributed by atoms with Gasteiger partial charge in [-0.1, -0.05) is 20.3 Å². The Balaban J connectivity index is 2.05. The first-order valence-corrected chi connectivity index (χ1v) is 6.68. The Bertz CT molecular complexity index is 448. The van der Waals surface area contributed by atoms with E-state index in [9.17, 15) is 9.90 Å². The van der Waals surface area contributed by atoms with Gasteiger partial charge >= 0.3 is 5.97 Å². The van der Waals surface area contributed by atoms with Crippen molar-refractivity contribution in [3.63, 3.8) is 0 Å². The number of carboxylic acid groups (broad SMARTS) is 1. The number of nitrogens with one attached hydrogen (secondary N) is 2. The van der Waals surface area contributed by atoms with Crippen LogP contribution in [0.2, 0.25) is 0 Å². The van der Waals surface area contributed by atoms with E-state index in [0.29, 0.717) is 11.9 Å².